The van der Waals surface area contributed by atoms with Crippen LogP contribution in [-0.4, -0.2) is 49.1 Å². The number of anilines is 2. The molecule has 1 atom stereocenters. The number of benzene rings is 1. The van der Waals surface area contributed by atoms with E-state index in [0.29, 0.717) is 43.6 Å². The molecule has 2 aromatic rings. The Hall–Kier alpha value is -3.23. The molecule has 2 heterocycles. The molecule has 0 spiro atoms. The summed E-state index contributed by atoms with van der Waals surface area (Å²) < 4.78 is 27.2. The Bertz CT molecular complexity index is 936. The molecule has 1 unspecified atom stereocenters. The largest absolute Gasteiger partial charge is 0.367 e. The average Bonchev–Trinajstić information content (AvgIpc) is 3.16. The SMILES string of the molecule is CCNC(=NCCC(=O)Nc1cccc(C)n1)NC1CCN(c2ccc(F)cc2F)C1. The molecule has 0 radical (unpaired) electrons. The number of guanidine groups is 1. The summed E-state index contributed by atoms with van der Waals surface area (Å²) in [4.78, 5) is 22.7. The number of aryl methyl sites for hydroxylation is 1. The molecule has 3 rings (SSSR count). The number of nitrogens with zero attached hydrogens (tertiary/aromatic N) is 3. The molecule has 0 aliphatic carbocycles. The molecular formula is C22H28F2N6O. The number of pyridine rings is 1. The van der Waals surface area contributed by atoms with E-state index in [4.69, 9.17) is 0 Å². The number of hydrogen-bond acceptors (Lipinski definition) is 4. The third-order valence-electron chi connectivity index (χ3n) is 4.89. The number of nitrogens with one attached hydrogen (secondary N) is 3. The van der Waals surface area contributed by atoms with Crippen molar-refractivity contribution in [3.8, 4) is 0 Å². The summed E-state index contributed by atoms with van der Waals surface area (Å²) in [5, 5.41) is 9.27. The van der Waals surface area contributed by atoms with Crippen molar-refractivity contribution in [2.75, 3.05) is 36.4 Å². The van der Waals surface area contributed by atoms with Crippen molar-refractivity contribution in [1.29, 1.82) is 0 Å². The van der Waals surface area contributed by atoms with Crippen LogP contribution in [0.1, 0.15) is 25.5 Å². The standard InChI is InChI=1S/C22H28F2N6O/c1-3-25-22(26-11-9-21(31)29-20-6-4-5-15(2)27-20)28-17-10-12-30(14-17)19-8-7-16(23)13-18(19)24/h4-8,13,17H,3,9-12,14H2,1-2H3,(H2,25,26,28)(H,27,29,31). The van der Waals surface area contributed by atoms with E-state index in [1.807, 2.05) is 30.9 Å². The van der Waals surface area contributed by atoms with Crippen LogP contribution in [0.4, 0.5) is 20.3 Å². The summed E-state index contributed by atoms with van der Waals surface area (Å²) in [7, 11) is 0. The van der Waals surface area contributed by atoms with Gasteiger partial charge in [0.05, 0.1) is 12.2 Å². The number of carbonyl (C=O) groups is 1. The number of amides is 1. The minimum atomic E-state index is -0.584. The number of aliphatic imine (C=N–C) groups is 1. The first-order valence-electron chi connectivity index (χ1n) is 10.4. The van der Waals surface area contributed by atoms with Gasteiger partial charge in [0.15, 0.2) is 5.96 Å². The second-order valence-electron chi connectivity index (χ2n) is 7.39. The molecule has 0 bridgehead atoms. The van der Waals surface area contributed by atoms with Gasteiger partial charge in [0, 0.05) is 43.9 Å². The predicted molar refractivity (Wildman–Crippen MR) is 118 cm³/mol. The van der Waals surface area contributed by atoms with E-state index in [2.05, 4.69) is 25.9 Å². The van der Waals surface area contributed by atoms with Gasteiger partial charge >= 0.3 is 0 Å². The summed E-state index contributed by atoms with van der Waals surface area (Å²) in [6.07, 6.45) is 1.02. The summed E-state index contributed by atoms with van der Waals surface area (Å²) in [6.45, 7) is 6.05. The van der Waals surface area contributed by atoms with Crippen LogP contribution in [0, 0.1) is 18.6 Å². The Morgan fingerprint density at radius 2 is 2.13 bits per heavy atom. The molecule has 1 aromatic carbocycles. The van der Waals surface area contributed by atoms with Crippen molar-refractivity contribution in [3.05, 3.63) is 53.7 Å². The van der Waals surface area contributed by atoms with Gasteiger partial charge in [-0.2, -0.15) is 0 Å². The summed E-state index contributed by atoms with van der Waals surface area (Å²) in [5.41, 5.74) is 1.23. The molecule has 1 aliphatic heterocycles. The summed E-state index contributed by atoms with van der Waals surface area (Å²) in [5.74, 6) is -0.167. The van der Waals surface area contributed by atoms with Crippen LogP contribution in [0.5, 0.6) is 0 Å². The molecule has 31 heavy (non-hydrogen) atoms. The fraction of sp³-hybridized carbons (Fsp3) is 0.409. The molecule has 1 aliphatic rings. The first kappa shape index (κ1) is 22.5. The van der Waals surface area contributed by atoms with E-state index in [1.54, 1.807) is 6.07 Å². The van der Waals surface area contributed by atoms with Gasteiger partial charge in [-0.3, -0.25) is 9.79 Å². The highest BCUT2D eigenvalue weighted by Crippen LogP contribution is 2.24. The molecule has 1 amide bonds. The second kappa shape index (κ2) is 10.7. The lowest BCUT2D eigenvalue weighted by atomic mass is 10.2. The van der Waals surface area contributed by atoms with Crippen LogP contribution in [-0.2, 0) is 4.79 Å². The Morgan fingerprint density at radius 1 is 1.29 bits per heavy atom. The molecule has 166 valence electrons. The van der Waals surface area contributed by atoms with Crippen LogP contribution in [0.25, 0.3) is 0 Å². The third-order valence-corrected chi connectivity index (χ3v) is 4.89. The maximum absolute atomic E-state index is 14.1. The number of rotatable bonds is 7. The fourth-order valence-electron chi connectivity index (χ4n) is 3.44. The molecule has 1 aromatic heterocycles. The minimum Gasteiger partial charge on any atom is -0.367 e. The maximum atomic E-state index is 14.1. The maximum Gasteiger partial charge on any atom is 0.227 e. The van der Waals surface area contributed by atoms with Crippen LogP contribution >= 0.6 is 0 Å². The second-order valence-corrected chi connectivity index (χ2v) is 7.39. The van der Waals surface area contributed by atoms with Crippen LogP contribution in [0.2, 0.25) is 0 Å². The molecular weight excluding hydrogens is 402 g/mol. The van der Waals surface area contributed by atoms with E-state index in [0.717, 1.165) is 18.2 Å². The third kappa shape index (κ3) is 6.63. The van der Waals surface area contributed by atoms with Crippen LogP contribution in [0.3, 0.4) is 0 Å². The molecule has 1 fully saturated rings. The smallest absolute Gasteiger partial charge is 0.227 e. The monoisotopic (exact) mass is 430 g/mol. The van der Waals surface area contributed by atoms with Crippen molar-refractivity contribution >= 4 is 23.4 Å². The van der Waals surface area contributed by atoms with E-state index in [9.17, 15) is 13.6 Å². The molecule has 7 nitrogen and oxygen atoms in total. The highest BCUT2D eigenvalue weighted by Gasteiger charge is 2.25. The Kier molecular flexibility index (Phi) is 7.75. The number of carbonyl (C=O) groups excluding carboxylic acids is 1. The van der Waals surface area contributed by atoms with E-state index in [-0.39, 0.29) is 18.4 Å². The quantitative estimate of drug-likeness (QED) is 0.465. The average molecular weight is 431 g/mol. The van der Waals surface area contributed by atoms with E-state index >= 15 is 0 Å². The number of halogens is 2. The lowest BCUT2D eigenvalue weighted by molar-refractivity contribution is -0.116. The van der Waals surface area contributed by atoms with Crippen molar-refractivity contribution in [3.63, 3.8) is 0 Å². The Morgan fingerprint density at radius 3 is 2.87 bits per heavy atom. The summed E-state index contributed by atoms with van der Waals surface area (Å²) in [6, 6.07) is 9.15. The van der Waals surface area contributed by atoms with Gasteiger partial charge in [0.1, 0.15) is 17.5 Å². The van der Waals surface area contributed by atoms with Crippen molar-refractivity contribution in [2.24, 2.45) is 4.99 Å². The zero-order chi connectivity index (χ0) is 22.2. The Labute approximate surface area is 181 Å². The predicted octanol–water partition coefficient (Wildman–Crippen LogP) is 2.83. The highest BCUT2D eigenvalue weighted by molar-refractivity contribution is 5.90. The van der Waals surface area contributed by atoms with Crippen molar-refractivity contribution < 1.29 is 13.6 Å². The van der Waals surface area contributed by atoms with Gasteiger partial charge in [0.25, 0.3) is 0 Å². The lowest BCUT2D eigenvalue weighted by Crippen LogP contribution is -2.44. The van der Waals surface area contributed by atoms with Crippen molar-refractivity contribution in [2.45, 2.75) is 32.7 Å². The lowest BCUT2D eigenvalue weighted by Gasteiger charge is -2.21. The zero-order valence-electron chi connectivity index (χ0n) is 17.8. The molecule has 9 heteroatoms. The number of aromatic nitrogens is 1. The Balaban J connectivity index is 1.51. The fourth-order valence-corrected chi connectivity index (χ4v) is 3.44. The van der Waals surface area contributed by atoms with E-state index < -0.39 is 11.6 Å². The van der Waals surface area contributed by atoms with Crippen LogP contribution < -0.4 is 20.9 Å². The highest BCUT2D eigenvalue weighted by atomic mass is 19.1. The van der Waals surface area contributed by atoms with Gasteiger partial charge < -0.3 is 20.9 Å². The van der Waals surface area contributed by atoms with Gasteiger partial charge in [0.2, 0.25) is 5.91 Å². The van der Waals surface area contributed by atoms with Gasteiger partial charge in [-0.15, -0.1) is 0 Å². The minimum absolute atomic E-state index is 0.0626. The van der Waals surface area contributed by atoms with Crippen LogP contribution in [0.15, 0.2) is 41.4 Å². The zero-order valence-corrected chi connectivity index (χ0v) is 17.8. The molecule has 3 N–H and O–H groups in total. The van der Waals surface area contributed by atoms with E-state index in [1.165, 1.54) is 12.1 Å². The molecule has 1 saturated heterocycles. The van der Waals surface area contributed by atoms with Gasteiger partial charge in [-0.25, -0.2) is 13.8 Å². The first-order chi connectivity index (χ1) is 14.9. The number of hydrogen-bond donors (Lipinski definition) is 3. The topological polar surface area (TPSA) is 81.6 Å². The van der Waals surface area contributed by atoms with Gasteiger partial charge in [-0.05, 0) is 44.5 Å². The van der Waals surface area contributed by atoms with Gasteiger partial charge in [-0.1, -0.05) is 6.07 Å². The van der Waals surface area contributed by atoms with Crippen molar-refractivity contribution in [1.82, 2.24) is 15.6 Å². The molecule has 0 saturated carbocycles. The first-order valence-corrected chi connectivity index (χ1v) is 10.4. The normalized spacial score (nSPS) is 16.3. The summed E-state index contributed by atoms with van der Waals surface area (Å²) >= 11 is 0.